The molecule has 0 aliphatic carbocycles. The van der Waals surface area contributed by atoms with E-state index in [0.717, 1.165) is 0 Å². The van der Waals surface area contributed by atoms with Gasteiger partial charge >= 0.3 is 18.3 Å². The number of carboxylic acid groups (broad SMARTS) is 1. The molecule has 0 radical (unpaired) electrons. The third-order valence-electron chi connectivity index (χ3n) is 1.88. The number of alkyl halides is 6. The molecule has 0 bridgehead atoms. The molecule has 0 aliphatic heterocycles. The van der Waals surface area contributed by atoms with Crippen molar-refractivity contribution in [2.24, 2.45) is 5.92 Å². The topological polar surface area (TPSA) is 57.5 Å². The van der Waals surface area contributed by atoms with Crippen LogP contribution in [0.15, 0.2) is 0 Å². The van der Waals surface area contributed by atoms with E-state index in [1.807, 2.05) is 0 Å². The molecule has 15 heavy (non-hydrogen) atoms. The Morgan fingerprint density at radius 2 is 1.47 bits per heavy atom. The van der Waals surface area contributed by atoms with Crippen molar-refractivity contribution in [3.05, 3.63) is 0 Å². The van der Waals surface area contributed by atoms with Crippen LogP contribution in [0.1, 0.15) is 6.92 Å². The van der Waals surface area contributed by atoms with E-state index in [-0.39, 0.29) is 6.92 Å². The summed E-state index contributed by atoms with van der Waals surface area (Å²) >= 11 is 0. The molecule has 0 aromatic rings. The van der Waals surface area contributed by atoms with Gasteiger partial charge in [0.25, 0.3) is 5.60 Å². The SMILES string of the molecule is CC(C(F)(F)F)C(O)(C(=O)O)C(F)(F)F. The maximum Gasteiger partial charge on any atom is 0.428 e. The van der Waals surface area contributed by atoms with E-state index in [1.165, 1.54) is 0 Å². The van der Waals surface area contributed by atoms with E-state index in [0.29, 0.717) is 0 Å². The van der Waals surface area contributed by atoms with Crippen molar-refractivity contribution in [3.8, 4) is 0 Å². The molecule has 0 amide bonds. The van der Waals surface area contributed by atoms with Gasteiger partial charge in [-0.2, -0.15) is 26.3 Å². The fraction of sp³-hybridized carbons (Fsp3) is 0.833. The predicted molar refractivity (Wildman–Crippen MR) is 33.9 cm³/mol. The third-order valence-corrected chi connectivity index (χ3v) is 1.88. The highest BCUT2D eigenvalue weighted by molar-refractivity contribution is 5.78. The molecule has 0 aromatic carbocycles. The molecule has 0 heterocycles. The van der Waals surface area contributed by atoms with Crippen LogP contribution < -0.4 is 0 Å². The number of carbonyl (C=O) groups is 1. The number of hydrogen-bond donors (Lipinski definition) is 2. The zero-order valence-electron chi connectivity index (χ0n) is 7.15. The molecule has 3 nitrogen and oxygen atoms in total. The van der Waals surface area contributed by atoms with Crippen LogP contribution in [-0.2, 0) is 4.79 Å². The smallest absolute Gasteiger partial charge is 0.428 e. The molecular weight excluding hydrogens is 234 g/mol. The minimum absolute atomic E-state index is 0.0540. The molecule has 0 aromatic heterocycles. The van der Waals surface area contributed by atoms with E-state index < -0.39 is 29.8 Å². The third kappa shape index (κ3) is 2.33. The average molecular weight is 240 g/mol. The van der Waals surface area contributed by atoms with E-state index >= 15 is 0 Å². The summed E-state index contributed by atoms with van der Waals surface area (Å²) in [7, 11) is 0. The Morgan fingerprint density at radius 3 is 1.53 bits per heavy atom. The van der Waals surface area contributed by atoms with Gasteiger partial charge in [-0.3, -0.25) is 0 Å². The van der Waals surface area contributed by atoms with Gasteiger partial charge in [0.1, 0.15) is 5.92 Å². The van der Waals surface area contributed by atoms with E-state index in [1.54, 1.807) is 0 Å². The lowest BCUT2D eigenvalue weighted by Gasteiger charge is -2.32. The van der Waals surface area contributed by atoms with Gasteiger partial charge in [0.2, 0.25) is 0 Å². The summed E-state index contributed by atoms with van der Waals surface area (Å²) in [5.41, 5.74) is -4.83. The molecule has 0 aliphatic rings. The summed E-state index contributed by atoms with van der Waals surface area (Å²) in [6.07, 6.45) is -11.4. The van der Waals surface area contributed by atoms with E-state index in [4.69, 9.17) is 10.2 Å². The summed E-state index contributed by atoms with van der Waals surface area (Å²) in [5.74, 6) is -6.44. The molecule has 0 fully saturated rings. The summed E-state index contributed by atoms with van der Waals surface area (Å²) in [5, 5.41) is 16.6. The zero-order valence-corrected chi connectivity index (χ0v) is 7.15. The van der Waals surface area contributed by atoms with E-state index in [2.05, 4.69) is 0 Å². The largest absolute Gasteiger partial charge is 0.479 e. The van der Waals surface area contributed by atoms with Gasteiger partial charge in [0.15, 0.2) is 0 Å². The molecule has 0 rings (SSSR count). The standard InChI is InChI=1S/C6H6F6O3/c1-2(5(7,8)9)4(15,3(13)14)6(10,11)12/h2,15H,1H3,(H,13,14). The second-order valence-corrected chi connectivity index (χ2v) is 2.83. The molecule has 90 valence electrons. The Labute approximate surface area is 79.3 Å². The van der Waals surface area contributed by atoms with Gasteiger partial charge in [-0.05, 0) is 0 Å². The lowest BCUT2D eigenvalue weighted by molar-refractivity contribution is -0.314. The predicted octanol–water partition coefficient (Wildman–Crippen LogP) is 1.56. The minimum Gasteiger partial charge on any atom is -0.479 e. The van der Waals surface area contributed by atoms with Gasteiger partial charge < -0.3 is 10.2 Å². The van der Waals surface area contributed by atoms with Crippen LogP contribution >= 0.6 is 0 Å². The summed E-state index contributed by atoms with van der Waals surface area (Å²) in [4.78, 5) is 10.1. The van der Waals surface area contributed by atoms with E-state index in [9.17, 15) is 31.1 Å². The van der Waals surface area contributed by atoms with Crippen molar-refractivity contribution in [3.63, 3.8) is 0 Å². The number of halogens is 6. The quantitative estimate of drug-likeness (QED) is 0.720. The van der Waals surface area contributed by atoms with Crippen LogP contribution in [0.3, 0.4) is 0 Å². The van der Waals surface area contributed by atoms with Gasteiger partial charge in [-0.1, -0.05) is 6.92 Å². The zero-order chi connectivity index (χ0) is 12.7. The highest BCUT2D eigenvalue weighted by Gasteiger charge is 2.69. The highest BCUT2D eigenvalue weighted by atomic mass is 19.4. The Kier molecular flexibility index (Phi) is 3.31. The van der Waals surface area contributed by atoms with Gasteiger partial charge in [0.05, 0.1) is 0 Å². The van der Waals surface area contributed by atoms with Crippen LogP contribution in [0.5, 0.6) is 0 Å². The van der Waals surface area contributed by atoms with Crippen LogP contribution in [-0.4, -0.2) is 34.1 Å². The molecule has 0 saturated carbocycles. The summed E-state index contributed by atoms with van der Waals surface area (Å²) in [6, 6.07) is 0. The second-order valence-electron chi connectivity index (χ2n) is 2.83. The Bertz CT molecular complexity index is 257. The van der Waals surface area contributed by atoms with Crippen molar-refractivity contribution in [1.29, 1.82) is 0 Å². The lowest BCUT2D eigenvalue weighted by atomic mass is 9.87. The Hall–Kier alpha value is -0.990. The number of aliphatic hydroxyl groups is 1. The monoisotopic (exact) mass is 240 g/mol. The second kappa shape index (κ2) is 3.54. The summed E-state index contributed by atoms with van der Waals surface area (Å²) in [6.45, 7) is -0.0540. The first-order chi connectivity index (χ1) is 6.35. The Balaban J connectivity index is 5.43. The van der Waals surface area contributed by atoms with Gasteiger partial charge in [-0.25, -0.2) is 4.79 Å². The maximum absolute atomic E-state index is 12.0. The van der Waals surface area contributed by atoms with Crippen LogP contribution in [0.4, 0.5) is 26.3 Å². The lowest BCUT2D eigenvalue weighted by Crippen LogP contribution is -2.60. The van der Waals surface area contributed by atoms with Gasteiger partial charge in [0, 0.05) is 0 Å². The molecule has 0 saturated heterocycles. The minimum atomic E-state index is -5.91. The highest BCUT2D eigenvalue weighted by Crippen LogP contribution is 2.43. The molecule has 2 atom stereocenters. The molecule has 9 heteroatoms. The van der Waals surface area contributed by atoms with Crippen molar-refractivity contribution in [2.75, 3.05) is 0 Å². The van der Waals surface area contributed by atoms with Crippen LogP contribution in [0, 0.1) is 5.92 Å². The normalized spacial score (nSPS) is 19.5. The molecular formula is C6H6F6O3. The Morgan fingerprint density at radius 1 is 1.13 bits per heavy atom. The number of rotatable bonds is 2. The van der Waals surface area contributed by atoms with Crippen LogP contribution in [0.25, 0.3) is 0 Å². The first-order valence-corrected chi connectivity index (χ1v) is 3.44. The number of carboxylic acids is 1. The fourth-order valence-corrected chi connectivity index (χ4v) is 0.789. The average Bonchev–Trinajstić information content (AvgIpc) is 1.97. The fourth-order valence-electron chi connectivity index (χ4n) is 0.789. The van der Waals surface area contributed by atoms with Gasteiger partial charge in [-0.15, -0.1) is 0 Å². The molecule has 0 spiro atoms. The number of hydrogen-bond acceptors (Lipinski definition) is 2. The molecule has 2 unspecified atom stereocenters. The van der Waals surface area contributed by atoms with Crippen molar-refractivity contribution >= 4 is 5.97 Å². The number of aliphatic carboxylic acids is 1. The van der Waals surface area contributed by atoms with Crippen LogP contribution in [0.2, 0.25) is 0 Å². The molecule has 2 N–H and O–H groups in total. The first kappa shape index (κ1) is 14.0. The van der Waals surface area contributed by atoms with Crippen molar-refractivity contribution in [2.45, 2.75) is 24.9 Å². The van der Waals surface area contributed by atoms with Crippen molar-refractivity contribution < 1.29 is 41.4 Å². The maximum atomic E-state index is 12.0. The first-order valence-electron chi connectivity index (χ1n) is 3.44. The van der Waals surface area contributed by atoms with Crippen molar-refractivity contribution in [1.82, 2.24) is 0 Å². The summed E-state index contributed by atoms with van der Waals surface area (Å²) < 4.78 is 71.8.